The molecule has 0 aromatic carbocycles. The summed E-state index contributed by atoms with van der Waals surface area (Å²) in [6.07, 6.45) is 9.68. The highest BCUT2D eigenvalue weighted by Gasteiger charge is 1.63. The van der Waals surface area contributed by atoms with E-state index < -0.39 is 0 Å². The lowest BCUT2D eigenvalue weighted by molar-refractivity contribution is 1.49. The first kappa shape index (κ1) is 6.65. The topological polar surface area (TPSA) is 0 Å². The molecule has 0 spiro atoms. The van der Waals surface area contributed by atoms with Gasteiger partial charge < -0.3 is 0 Å². The van der Waals surface area contributed by atoms with Crippen molar-refractivity contribution in [1.82, 2.24) is 0 Å². The molecule has 0 N–H and O–H groups in total. The van der Waals surface area contributed by atoms with Gasteiger partial charge in [0.1, 0.15) is 0 Å². The second-order valence-electron chi connectivity index (χ2n) is 1.02. The molecule has 0 saturated heterocycles. The summed E-state index contributed by atoms with van der Waals surface area (Å²) in [6, 6.07) is 0. The minimum atomic E-state index is 0.751. The zero-order valence-electron chi connectivity index (χ0n) is 4.35. The Morgan fingerprint density at radius 1 is 1.86 bits per heavy atom. The summed E-state index contributed by atoms with van der Waals surface area (Å²) in [7, 11) is 0. The second kappa shape index (κ2) is 5.65. The van der Waals surface area contributed by atoms with Crippen LogP contribution in [0.25, 0.3) is 0 Å². The van der Waals surface area contributed by atoms with Crippen LogP contribution in [0.5, 0.6) is 0 Å². The van der Waals surface area contributed by atoms with Crippen LogP contribution in [0.15, 0.2) is 11.5 Å². The number of terminal acetylenes is 1. The number of hydrogen-bond donors (Lipinski definition) is 0. The predicted molar refractivity (Wildman–Crippen MR) is 36.1 cm³/mol. The van der Waals surface area contributed by atoms with Crippen molar-refractivity contribution in [1.29, 1.82) is 0 Å². The number of hydrogen-bond acceptors (Lipinski definition) is 1. The molecular formula is C6H8S. The Bertz CT molecular complexity index is 86.8. The molecule has 0 atom stereocenters. The van der Waals surface area contributed by atoms with E-state index in [0.29, 0.717) is 0 Å². The van der Waals surface area contributed by atoms with E-state index in [1.165, 1.54) is 0 Å². The van der Waals surface area contributed by atoms with Crippen molar-refractivity contribution in [2.24, 2.45) is 0 Å². The van der Waals surface area contributed by atoms with Crippen molar-refractivity contribution in [2.45, 2.75) is 6.42 Å². The third kappa shape index (κ3) is 5.65. The van der Waals surface area contributed by atoms with Gasteiger partial charge in [0, 0.05) is 6.42 Å². The summed E-state index contributed by atoms with van der Waals surface area (Å²) in [5.41, 5.74) is 0. The molecule has 0 rings (SSSR count). The van der Waals surface area contributed by atoms with Gasteiger partial charge in [-0.3, -0.25) is 0 Å². The van der Waals surface area contributed by atoms with Crippen LogP contribution >= 0.6 is 11.8 Å². The van der Waals surface area contributed by atoms with E-state index in [2.05, 4.69) is 5.92 Å². The molecule has 0 bridgehead atoms. The molecule has 38 valence electrons. The summed E-state index contributed by atoms with van der Waals surface area (Å²) in [5, 5.41) is 1.99. The quantitative estimate of drug-likeness (QED) is 0.491. The molecule has 0 nitrogen and oxygen atoms in total. The van der Waals surface area contributed by atoms with E-state index in [9.17, 15) is 0 Å². The van der Waals surface area contributed by atoms with Gasteiger partial charge in [0.15, 0.2) is 0 Å². The van der Waals surface area contributed by atoms with Gasteiger partial charge in [0.2, 0.25) is 0 Å². The summed E-state index contributed by atoms with van der Waals surface area (Å²) in [6.45, 7) is 0. The Balaban J connectivity index is 2.97. The van der Waals surface area contributed by atoms with Crippen LogP contribution in [0.3, 0.4) is 0 Å². The first-order chi connectivity index (χ1) is 3.41. The van der Waals surface area contributed by atoms with Gasteiger partial charge in [-0.25, -0.2) is 0 Å². The zero-order valence-corrected chi connectivity index (χ0v) is 5.16. The van der Waals surface area contributed by atoms with Gasteiger partial charge in [-0.1, -0.05) is 6.08 Å². The summed E-state index contributed by atoms with van der Waals surface area (Å²) >= 11 is 1.67. The van der Waals surface area contributed by atoms with E-state index in [1.54, 1.807) is 11.8 Å². The molecule has 1 heteroatoms. The van der Waals surface area contributed by atoms with Crippen LogP contribution in [0.2, 0.25) is 0 Å². The van der Waals surface area contributed by atoms with Crippen LogP contribution in [0, 0.1) is 12.3 Å². The lowest BCUT2D eigenvalue weighted by Gasteiger charge is -1.73. The minimum absolute atomic E-state index is 0.751. The highest BCUT2D eigenvalue weighted by molar-refractivity contribution is 8.01. The monoisotopic (exact) mass is 112 g/mol. The fourth-order valence-corrected chi connectivity index (χ4v) is 0.501. The molecule has 0 amide bonds. The van der Waals surface area contributed by atoms with Crippen molar-refractivity contribution in [2.75, 3.05) is 6.26 Å². The molecule has 0 aliphatic heterocycles. The van der Waals surface area contributed by atoms with Gasteiger partial charge in [-0.05, 0) is 11.7 Å². The van der Waals surface area contributed by atoms with Gasteiger partial charge >= 0.3 is 0 Å². The Morgan fingerprint density at radius 3 is 3.00 bits per heavy atom. The third-order valence-corrected chi connectivity index (χ3v) is 0.933. The van der Waals surface area contributed by atoms with E-state index in [4.69, 9.17) is 6.42 Å². The largest absolute Gasteiger partial charge is 0.138 e. The lowest BCUT2D eigenvalue weighted by Crippen LogP contribution is -1.51. The SMILES string of the molecule is C#CC/C=C/SC. The van der Waals surface area contributed by atoms with Crippen molar-refractivity contribution >= 4 is 11.8 Å². The highest BCUT2D eigenvalue weighted by atomic mass is 32.2. The molecule has 0 aromatic rings. The maximum atomic E-state index is 4.96. The minimum Gasteiger partial charge on any atom is -0.138 e. The molecule has 0 fully saturated rings. The van der Waals surface area contributed by atoms with E-state index >= 15 is 0 Å². The van der Waals surface area contributed by atoms with Crippen molar-refractivity contribution in [3.8, 4) is 12.3 Å². The molecule has 0 aliphatic carbocycles. The van der Waals surface area contributed by atoms with E-state index in [0.717, 1.165) is 6.42 Å². The molecule has 0 radical (unpaired) electrons. The maximum Gasteiger partial charge on any atom is 0.0275 e. The first-order valence-electron chi connectivity index (χ1n) is 2.03. The number of rotatable bonds is 2. The summed E-state index contributed by atoms with van der Waals surface area (Å²) in [5.74, 6) is 2.50. The maximum absolute atomic E-state index is 4.96. The Labute approximate surface area is 49.0 Å². The summed E-state index contributed by atoms with van der Waals surface area (Å²) in [4.78, 5) is 0. The Kier molecular flexibility index (Phi) is 5.37. The normalized spacial score (nSPS) is 9.14. The standard InChI is InChI=1S/C6H8S/c1-3-4-5-6-7-2/h1,5-6H,4H2,2H3/b6-5+. The fraction of sp³-hybridized carbons (Fsp3) is 0.333. The molecule has 7 heavy (non-hydrogen) atoms. The number of thioether (sulfide) groups is 1. The van der Waals surface area contributed by atoms with Crippen LogP contribution in [-0.2, 0) is 0 Å². The summed E-state index contributed by atoms with van der Waals surface area (Å²) < 4.78 is 0. The van der Waals surface area contributed by atoms with E-state index in [-0.39, 0.29) is 0 Å². The van der Waals surface area contributed by atoms with E-state index in [1.807, 2.05) is 17.7 Å². The van der Waals surface area contributed by atoms with Crippen LogP contribution in [-0.4, -0.2) is 6.26 Å². The average Bonchev–Trinajstić information content (AvgIpc) is 1.69. The predicted octanol–water partition coefficient (Wildman–Crippen LogP) is 1.89. The van der Waals surface area contributed by atoms with Crippen LogP contribution in [0.4, 0.5) is 0 Å². The molecule has 0 unspecified atom stereocenters. The molecular weight excluding hydrogens is 104 g/mol. The molecule has 0 aromatic heterocycles. The van der Waals surface area contributed by atoms with Gasteiger partial charge in [0.25, 0.3) is 0 Å². The fourth-order valence-electron chi connectivity index (χ4n) is 0.212. The smallest absolute Gasteiger partial charge is 0.0275 e. The van der Waals surface area contributed by atoms with Crippen LogP contribution in [0.1, 0.15) is 6.42 Å². The Hall–Kier alpha value is -0.350. The van der Waals surface area contributed by atoms with Gasteiger partial charge in [0.05, 0.1) is 0 Å². The van der Waals surface area contributed by atoms with Crippen molar-refractivity contribution in [3.63, 3.8) is 0 Å². The number of allylic oxidation sites excluding steroid dienone is 1. The second-order valence-corrected chi connectivity index (χ2v) is 1.76. The molecule has 0 saturated carbocycles. The first-order valence-corrected chi connectivity index (χ1v) is 3.32. The van der Waals surface area contributed by atoms with Crippen molar-refractivity contribution in [3.05, 3.63) is 11.5 Å². The van der Waals surface area contributed by atoms with Gasteiger partial charge in [-0.15, -0.1) is 24.1 Å². The highest BCUT2D eigenvalue weighted by Crippen LogP contribution is 1.93. The lowest BCUT2D eigenvalue weighted by atomic mass is 10.5. The zero-order chi connectivity index (χ0) is 5.54. The molecule has 0 aliphatic rings. The van der Waals surface area contributed by atoms with Crippen molar-refractivity contribution < 1.29 is 0 Å². The molecule has 0 heterocycles. The van der Waals surface area contributed by atoms with Gasteiger partial charge in [-0.2, -0.15) is 0 Å². The average molecular weight is 112 g/mol. The third-order valence-electron chi connectivity index (χ3n) is 0.468. The van der Waals surface area contributed by atoms with Crippen LogP contribution < -0.4 is 0 Å². The Morgan fingerprint density at radius 2 is 2.57 bits per heavy atom.